The zero-order valence-corrected chi connectivity index (χ0v) is 12.8. The van der Waals surface area contributed by atoms with Crippen molar-refractivity contribution in [2.45, 2.75) is 51.4 Å². The Morgan fingerprint density at radius 2 is 1.90 bits per heavy atom. The summed E-state index contributed by atoms with van der Waals surface area (Å²) >= 11 is 6.07. The Kier molecular flexibility index (Phi) is 4.77. The van der Waals surface area contributed by atoms with Crippen molar-refractivity contribution in [2.75, 3.05) is 17.7 Å². The van der Waals surface area contributed by atoms with Crippen molar-refractivity contribution in [1.82, 2.24) is 9.97 Å². The van der Waals surface area contributed by atoms with Gasteiger partial charge in [0.2, 0.25) is 0 Å². The first kappa shape index (κ1) is 14.1. The number of halogens is 1. The molecule has 20 heavy (non-hydrogen) atoms. The Hall–Kier alpha value is -0.830. The molecule has 1 N–H and O–H groups in total. The lowest BCUT2D eigenvalue weighted by Crippen LogP contribution is -2.21. The summed E-state index contributed by atoms with van der Waals surface area (Å²) in [7, 11) is 0. The van der Waals surface area contributed by atoms with Crippen LogP contribution < -0.4 is 5.32 Å². The number of anilines is 1. The fourth-order valence-electron chi connectivity index (χ4n) is 3.66. The summed E-state index contributed by atoms with van der Waals surface area (Å²) in [6.07, 6.45) is 11.7. The molecule has 0 saturated heterocycles. The maximum absolute atomic E-state index is 6.07. The van der Waals surface area contributed by atoms with Crippen molar-refractivity contribution in [1.29, 1.82) is 0 Å². The van der Waals surface area contributed by atoms with Crippen LogP contribution in [0.25, 0.3) is 0 Å². The minimum atomic E-state index is 0.685. The number of aryl methyl sites for hydroxylation is 1. The average molecular weight is 294 g/mol. The lowest BCUT2D eigenvalue weighted by atomic mass is 9.98. The van der Waals surface area contributed by atoms with Crippen molar-refractivity contribution >= 4 is 17.4 Å². The van der Waals surface area contributed by atoms with E-state index in [9.17, 15) is 0 Å². The van der Waals surface area contributed by atoms with Gasteiger partial charge < -0.3 is 5.32 Å². The highest BCUT2D eigenvalue weighted by Crippen LogP contribution is 2.33. The molecule has 110 valence electrons. The van der Waals surface area contributed by atoms with Crippen molar-refractivity contribution in [3.8, 4) is 0 Å². The van der Waals surface area contributed by atoms with Crippen LogP contribution in [0.3, 0.4) is 0 Å². The summed E-state index contributed by atoms with van der Waals surface area (Å²) in [5.41, 5.74) is 2.63. The van der Waals surface area contributed by atoms with Crippen molar-refractivity contribution < 1.29 is 0 Å². The summed E-state index contributed by atoms with van der Waals surface area (Å²) in [4.78, 5) is 8.97. The number of fused-ring (bicyclic) bond motifs is 1. The van der Waals surface area contributed by atoms with Crippen molar-refractivity contribution in [2.24, 2.45) is 11.8 Å². The molecular formula is C16H24ClN3. The van der Waals surface area contributed by atoms with E-state index in [1.807, 2.05) is 0 Å². The van der Waals surface area contributed by atoms with E-state index in [0.717, 1.165) is 31.1 Å². The molecule has 0 aromatic carbocycles. The van der Waals surface area contributed by atoms with Gasteiger partial charge in [-0.25, -0.2) is 9.97 Å². The van der Waals surface area contributed by atoms with Crippen LogP contribution in [0.1, 0.15) is 49.8 Å². The summed E-state index contributed by atoms with van der Waals surface area (Å²) in [6, 6.07) is 0. The number of rotatable bonds is 4. The third kappa shape index (κ3) is 3.08. The van der Waals surface area contributed by atoms with Gasteiger partial charge in [-0.1, -0.05) is 12.8 Å². The van der Waals surface area contributed by atoms with E-state index >= 15 is 0 Å². The highest BCUT2D eigenvalue weighted by atomic mass is 35.5. The predicted octanol–water partition coefficient (Wildman–Crippen LogP) is 3.81. The SMILES string of the molecule is ClCC1CCCC1CNc1ncnc2c1CCCCC2. The third-order valence-electron chi connectivity index (χ3n) is 4.92. The first-order valence-electron chi connectivity index (χ1n) is 8.01. The Morgan fingerprint density at radius 1 is 1.05 bits per heavy atom. The van der Waals surface area contributed by atoms with Crippen LogP contribution in [0, 0.1) is 11.8 Å². The third-order valence-corrected chi connectivity index (χ3v) is 5.32. The van der Waals surface area contributed by atoms with Gasteiger partial charge in [-0.2, -0.15) is 0 Å². The Morgan fingerprint density at radius 3 is 2.80 bits per heavy atom. The van der Waals surface area contributed by atoms with Gasteiger partial charge in [-0.3, -0.25) is 0 Å². The lowest BCUT2D eigenvalue weighted by molar-refractivity contribution is 0.444. The van der Waals surface area contributed by atoms with Gasteiger partial charge in [-0.15, -0.1) is 11.6 Å². The topological polar surface area (TPSA) is 37.8 Å². The molecule has 2 aliphatic carbocycles. The van der Waals surface area contributed by atoms with E-state index in [4.69, 9.17) is 11.6 Å². The second-order valence-corrected chi connectivity index (χ2v) is 6.50. The van der Waals surface area contributed by atoms with E-state index < -0.39 is 0 Å². The van der Waals surface area contributed by atoms with Crippen LogP contribution in [0.15, 0.2) is 6.33 Å². The molecular weight excluding hydrogens is 270 g/mol. The molecule has 2 unspecified atom stereocenters. The predicted molar refractivity (Wildman–Crippen MR) is 83.3 cm³/mol. The van der Waals surface area contributed by atoms with E-state index in [1.165, 1.54) is 49.8 Å². The Labute approximate surface area is 126 Å². The number of nitrogens with zero attached hydrogens (tertiary/aromatic N) is 2. The largest absolute Gasteiger partial charge is 0.369 e. The molecule has 4 heteroatoms. The maximum atomic E-state index is 6.07. The summed E-state index contributed by atoms with van der Waals surface area (Å²) in [6.45, 7) is 1.01. The summed E-state index contributed by atoms with van der Waals surface area (Å²) in [5, 5.41) is 3.60. The number of hydrogen-bond acceptors (Lipinski definition) is 3. The van der Waals surface area contributed by atoms with Gasteiger partial charge in [0.25, 0.3) is 0 Å². The van der Waals surface area contributed by atoms with Gasteiger partial charge in [0.15, 0.2) is 0 Å². The fraction of sp³-hybridized carbons (Fsp3) is 0.750. The molecule has 0 spiro atoms. The average Bonchev–Trinajstić information content (AvgIpc) is 2.80. The first-order valence-corrected chi connectivity index (χ1v) is 8.54. The molecule has 1 aromatic rings. The van der Waals surface area contributed by atoms with E-state index in [2.05, 4.69) is 15.3 Å². The van der Waals surface area contributed by atoms with E-state index in [1.54, 1.807) is 6.33 Å². The van der Waals surface area contributed by atoms with Crippen LogP contribution in [-0.4, -0.2) is 22.4 Å². The minimum absolute atomic E-state index is 0.685. The van der Waals surface area contributed by atoms with Crippen LogP contribution >= 0.6 is 11.6 Å². The molecule has 1 heterocycles. The zero-order chi connectivity index (χ0) is 13.8. The lowest BCUT2D eigenvalue weighted by Gasteiger charge is -2.19. The van der Waals surface area contributed by atoms with Gasteiger partial charge in [0.1, 0.15) is 12.1 Å². The Balaban J connectivity index is 1.68. The molecule has 3 nitrogen and oxygen atoms in total. The van der Waals surface area contributed by atoms with E-state index in [-0.39, 0.29) is 0 Å². The normalized spacial score (nSPS) is 26.1. The van der Waals surface area contributed by atoms with Crippen LogP contribution in [-0.2, 0) is 12.8 Å². The molecule has 0 aliphatic heterocycles. The number of hydrogen-bond donors (Lipinski definition) is 1. The zero-order valence-electron chi connectivity index (χ0n) is 12.1. The molecule has 1 aromatic heterocycles. The monoisotopic (exact) mass is 293 g/mol. The van der Waals surface area contributed by atoms with Crippen molar-refractivity contribution in [3.05, 3.63) is 17.6 Å². The summed E-state index contributed by atoms with van der Waals surface area (Å²) in [5.74, 6) is 3.28. The molecule has 0 radical (unpaired) electrons. The fourth-order valence-corrected chi connectivity index (χ4v) is 4.07. The molecule has 0 amide bonds. The molecule has 3 rings (SSSR count). The summed E-state index contributed by atoms with van der Waals surface area (Å²) < 4.78 is 0. The molecule has 1 saturated carbocycles. The van der Waals surface area contributed by atoms with Crippen molar-refractivity contribution in [3.63, 3.8) is 0 Å². The van der Waals surface area contributed by atoms with Gasteiger partial charge >= 0.3 is 0 Å². The standard InChI is InChI=1S/C16H24ClN3/c17-9-12-5-4-6-13(12)10-18-16-14-7-2-1-3-8-15(14)19-11-20-16/h11-13H,1-10H2,(H,18,19,20). The molecule has 2 aliphatic rings. The quantitative estimate of drug-likeness (QED) is 0.677. The first-order chi connectivity index (χ1) is 9.88. The second kappa shape index (κ2) is 6.75. The van der Waals surface area contributed by atoms with Gasteiger partial charge in [0.05, 0.1) is 0 Å². The second-order valence-electron chi connectivity index (χ2n) is 6.19. The number of alkyl halides is 1. The molecule has 2 atom stereocenters. The Bertz CT molecular complexity index is 449. The van der Waals surface area contributed by atoms with Crippen LogP contribution in [0.4, 0.5) is 5.82 Å². The number of nitrogens with one attached hydrogen (secondary N) is 1. The molecule has 1 fully saturated rings. The molecule has 0 bridgehead atoms. The smallest absolute Gasteiger partial charge is 0.132 e. The van der Waals surface area contributed by atoms with E-state index in [0.29, 0.717) is 11.8 Å². The minimum Gasteiger partial charge on any atom is -0.369 e. The van der Waals surface area contributed by atoms with Gasteiger partial charge in [-0.05, 0) is 50.4 Å². The van der Waals surface area contributed by atoms with Crippen LogP contribution in [0.5, 0.6) is 0 Å². The highest BCUT2D eigenvalue weighted by Gasteiger charge is 2.26. The van der Waals surface area contributed by atoms with Gasteiger partial charge in [0, 0.05) is 23.7 Å². The highest BCUT2D eigenvalue weighted by molar-refractivity contribution is 6.18. The van der Waals surface area contributed by atoms with Crippen LogP contribution in [0.2, 0.25) is 0 Å². The maximum Gasteiger partial charge on any atom is 0.132 e. The number of aromatic nitrogens is 2.